The number of likely N-dealkylation sites (tertiary alicyclic amines) is 1. The number of hydrogen-bond donors (Lipinski definition) is 0. The van der Waals surface area contributed by atoms with E-state index in [9.17, 15) is 9.59 Å². The Kier molecular flexibility index (Phi) is 5.70. The Labute approximate surface area is 191 Å². The Balaban J connectivity index is 1.26. The molecule has 9 nitrogen and oxygen atoms in total. The second kappa shape index (κ2) is 8.80. The van der Waals surface area contributed by atoms with E-state index in [-0.39, 0.29) is 17.8 Å². The van der Waals surface area contributed by atoms with Gasteiger partial charge in [-0.3, -0.25) is 9.59 Å². The molecule has 1 saturated carbocycles. The number of aromatic nitrogens is 4. The first-order valence-corrected chi connectivity index (χ1v) is 11.5. The Morgan fingerprint density at radius 2 is 1.85 bits per heavy atom. The minimum atomic E-state index is -0.165. The number of aryl methyl sites for hydroxylation is 1. The van der Waals surface area contributed by atoms with Gasteiger partial charge in [0.15, 0.2) is 0 Å². The highest BCUT2D eigenvalue weighted by atomic mass is 16.5. The summed E-state index contributed by atoms with van der Waals surface area (Å²) >= 11 is 0. The molecule has 0 unspecified atom stereocenters. The van der Waals surface area contributed by atoms with Crippen LogP contribution in [0.5, 0.6) is 0 Å². The van der Waals surface area contributed by atoms with Crippen molar-refractivity contribution in [3.63, 3.8) is 0 Å². The predicted octanol–water partition coefficient (Wildman–Crippen LogP) is 3.52. The maximum absolute atomic E-state index is 13.1. The molecule has 3 heterocycles. The van der Waals surface area contributed by atoms with Gasteiger partial charge in [-0.1, -0.05) is 5.16 Å². The van der Waals surface area contributed by atoms with Crippen LogP contribution in [0, 0.1) is 12.8 Å². The Bertz CT molecular complexity index is 1150. The Morgan fingerprint density at radius 1 is 1.12 bits per heavy atom. The molecule has 1 aliphatic heterocycles. The number of nitrogens with zero attached hydrogens (tertiary/aromatic N) is 5. The number of piperidine rings is 1. The monoisotopic (exact) mass is 449 g/mol. The molecule has 0 spiro atoms. The van der Waals surface area contributed by atoms with Crippen molar-refractivity contribution < 1.29 is 18.8 Å². The van der Waals surface area contributed by atoms with Crippen LogP contribution in [-0.2, 0) is 9.53 Å². The molecule has 1 saturated heterocycles. The minimum absolute atomic E-state index is 0.0583. The summed E-state index contributed by atoms with van der Waals surface area (Å²) in [6.45, 7) is 5.10. The van der Waals surface area contributed by atoms with Gasteiger partial charge in [-0.2, -0.15) is 10.1 Å². The SMILES string of the molecule is CCOC(=O)C1CCN(C(=O)c2cn(-c3ccc(-c4noc(C5CC5)n4)cc3)nc2C)CC1. The number of amides is 1. The average molecular weight is 450 g/mol. The van der Waals surface area contributed by atoms with E-state index in [1.54, 1.807) is 22.7 Å². The van der Waals surface area contributed by atoms with Gasteiger partial charge >= 0.3 is 5.97 Å². The molecule has 1 aliphatic carbocycles. The molecule has 1 aromatic carbocycles. The Hall–Kier alpha value is -3.49. The maximum Gasteiger partial charge on any atom is 0.309 e. The quantitative estimate of drug-likeness (QED) is 0.530. The molecule has 9 heteroatoms. The zero-order valence-corrected chi connectivity index (χ0v) is 18.9. The van der Waals surface area contributed by atoms with Crippen LogP contribution >= 0.6 is 0 Å². The van der Waals surface area contributed by atoms with Crippen molar-refractivity contribution in [3.05, 3.63) is 47.6 Å². The highest BCUT2D eigenvalue weighted by Crippen LogP contribution is 2.39. The van der Waals surface area contributed by atoms with Gasteiger partial charge in [0.25, 0.3) is 5.91 Å². The maximum atomic E-state index is 13.1. The van der Waals surface area contributed by atoms with Crippen molar-refractivity contribution in [2.24, 2.45) is 5.92 Å². The van der Waals surface area contributed by atoms with Crippen LogP contribution in [0.25, 0.3) is 17.1 Å². The van der Waals surface area contributed by atoms with Crippen LogP contribution in [0.4, 0.5) is 0 Å². The van der Waals surface area contributed by atoms with E-state index in [0.29, 0.717) is 61.4 Å². The number of hydrogen-bond acceptors (Lipinski definition) is 7. The van der Waals surface area contributed by atoms with Crippen molar-refractivity contribution in [1.29, 1.82) is 0 Å². The number of ether oxygens (including phenoxy) is 1. The molecular formula is C24H27N5O4. The van der Waals surface area contributed by atoms with Gasteiger partial charge < -0.3 is 14.2 Å². The largest absolute Gasteiger partial charge is 0.466 e. The summed E-state index contributed by atoms with van der Waals surface area (Å²) in [6.07, 6.45) is 5.24. The lowest BCUT2D eigenvalue weighted by Gasteiger charge is -2.30. The summed E-state index contributed by atoms with van der Waals surface area (Å²) in [5.41, 5.74) is 2.96. The summed E-state index contributed by atoms with van der Waals surface area (Å²) in [4.78, 5) is 31.3. The van der Waals surface area contributed by atoms with E-state index in [0.717, 1.165) is 24.1 Å². The fourth-order valence-electron chi connectivity index (χ4n) is 4.16. The second-order valence-corrected chi connectivity index (χ2v) is 8.67. The van der Waals surface area contributed by atoms with Gasteiger partial charge in [-0.15, -0.1) is 0 Å². The van der Waals surface area contributed by atoms with E-state index in [2.05, 4.69) is 15.2 Å². The second-order valence-electron chi connectivity index (χ2n) is 8.67. The molecule has 0 N–H and O–H groups in total. The lowest BCUT2D eigenvalue weighted by molar-refractivity contribution is -0.149. The summed E-state index contributed by atoms with van der Waals surface area (Å²) < 4.78 is 12.2. The van der Waals surface area contributed by atoms with Crippen molar-refractivity contribution in [2.75, 3.05) is 19.7 Å². The van der Waals surface area contributed by atoms with Crippen molar-refractivity contribution in [1.82, 2.24) is 24.8 Å². The van der Waals surface area contributed by atoms with Crippen LogP contribution in [-0.4, -0.2) is 56.4 Å². The average Bonchev–Trinajstić information content (AvgIpc) is 3.44. The summed E-state index contributed by atoms with van der Waals surface area (Å²) in [6, 6.07) is 7.70. The molecule has 2 aromatic heterocycles. The van der Waals surface area contributed by atoms with E-state index >= 15 is 0 Å². The third-order valence-electron chi connectivity index (χ3n) is 6.29. The van der Waals surface area contributed by atoms with Crippen LogP contribution in [0.2, 0.25) is 0 Å². The molecule has 33 heavy (non-hydrogen) atoms. The van der Waals surface area contributed by atoms with Gasteiger partial charge in [0.05, 0.1) is 29.5 Å². The molecule has 5 rings (SSSR count). The van der Waals surface area contributed by atoms with Crippen LogP contribution in [0.3, 0.4) is 0 Å². The fraction of sp³-hybridized carbons (Fsp3) is 0.458. The lowest BCUT2D eigenvalue weighted by atomic mass is 9.96. The third-order valence-corrected chi connectivity index (χ3v) is 6.29. The lowest BCUT2D eigenvalue weighted by Crippen LogP contribution is -2.40. The number of carbonyl (C=O) groups excluding carboxylic acids is 2. The molecule has 2 aliphatic rings. The van der Waals surface area contributed by atoms with Gasteiger partial charge in [0.1, 0.15) is 0 Å². The number of carbonyl (C=O) groups is 2. The molecular weight excluding hydrogens is 422 g/mol. The third kappa shape index (κ3) is 4.40. The van der Waals surface area contributed by atoms with Gasteiger partial charge in [-0.25, -0.2) is 4.68 Å². The highest BCUT2D eigenvalue weighted by molar-refractivity contribution is 5.95. The first kappa shape index (κ1) is 21.4. The van der Waals surface area contributed by atoms with Crippen molar-refractivity contribution in [2.45, 2.75) is 45.4 Å². The van der Waals surface area contributed by atoms with Crippen molar-refractivity contribution in [3.8, 4) is 17.1 Å². The van der Waals surface area contributed by atoms with Crippen molar-refractivity contribution >= 4 is 11.9 Å². The standard InChI is InChI=1S/C24H27N5O4/c1-3-32-24(31)18-10-12-28(13-11-18)23(30)20-14-29(26-15(20)2)19-8-6-16(7-9-19)21-25-22(33-27-21)17-4-5-17/h6-9,14,17-18H,3-5,10-13H2,1-2H3. The topological polar surface area (TPSA) is 103 Å². The molecule has 0 bridgehead atoms. The van der Waals surface area contributed by atoms with Gasteiger partial charge in [-0.05, 0) is 63.8 Å². The van der Waals surface area contributed by atoms with E-state index in [1.165, 1.54) is 0 Å². The molecule has 172 valence electrons. The van der Waals surface area contributed by atoms with Crippen LogP contribution < -0.4 is 0 Å². The van der Waals surface area contributed by atoms with E-state index in [4.69, 9.17) is 9.26 Å². The molecule has 0 radical (unpaired) electrons. The molecule has 2 fully saturated rings. The highest BCUT2D eigenvalue weighted by Gasteiger charge is 2.31. The Morgan fingerprint density at radius 3 is 2.52 bits per heavy atom. The van der Waals surface area contributed by atoms with E-state index in [1.807, 2.05) is 31.2 Å². The van der Waals surface area contributed by atoms with E-state index < -0.39 is 0 Å². The number of rotatable bonds is 6. The normalized spacial score (nSPS) is 16.7. The summed E-state index contributed by atoms with van der Waals surface area (Å²) in [5, 5.41) is 8.63. The first-order chi connectivity index (χ1) is 16.0. The summed E-state index contributed by atoms with van der Waals surface area (Å²) in [5.74, 6) is 1.37. The van der Waals surface area contributed by atoms with Gasteiger partial charge in [0.2, 0.25) is 11.7 Å². The molecule has 3 aromatic rings. The zero-order chi connectivity index (χ0) is 22.9. The zero-order valence-electron chi connectivity index (χ0n) is 18.9. The fourth-order valence-corrected chi connectivity index (χ4v) is 4.16. The first-order valence-electron chi connectivity index (χ1n) is 11.5. The molecule has 1 amide bonds. The molecule has 0 atom stereocenters. The number of benzene rings is 1. The van der Waals surface area contributed by atoms with Crippen LogP contribution in [0.1, 0.15) is 60.5 Å². The smallest absolute Gasteiger partial charge is 0.309 e. The predicted molar refractivity (Wildman–Crippen MR) is 119 cm³/mol. The van der Waals surface area contributed by atoms with Crippen LogP contribution in [0.15, 0.2) is 35.0 Å². The minimum Gasteiger partial charge on any atom is -0.466 e. The summed E-state index contributed by atoms with van der Waals surface area (Å²) in [7, 11) is 0. The van der Waals surface area contributed by atoms with Gasteiger partial charge in [0, 0.05) is 30.8 Å². The number of esters is 1.